The molecule has 1 rings (SSSR count). The minimum atomic E-state index is -0.493. The van der Waals surface area contributed by atoms with Crippen LogP contribution in [0.15, 0.2) is 12.1 Å². The van der Waals surface area contributed by atoms with Gasteiger partial charge in [0.25, 0.3) is 0 Å². The van der Waals surface area contributed by atoms with E-state index in [0.717, 1.165) is 6.07 Å². The van der Waals surface area contributed by atoms with E-state index in [2.05, 4.69) is 0 Å². The van der Waals surface area contributed by atoms with Crippen LogP contribution in [0.1, 0.15) is 18.0 Å². The molecule has 0 spiro atoms. The number of phenols is 1. The summed E-state index contributed by atoms with van der Waals surface area (Å²) in [5.41, 5.74) is 11.4. The van der Waals surface area contributed by atoms with E-state index < -0.39 is 11.9 Å². The summed E-state index contributed by atoms with van der Waals surface area (Å²) in [6.07, 6.45) is 0.472. The van der Waals surface area contributed by atoms with Gasteiger partial charge in [-0.3, -0.25) is 0 Å². The molecule has 0 aliphatic rings. The van der Waals surface area contributed by atoms with Crippen molar-refractivity contribution < 1.29 is 14.2 Å². The average molecular weight is 251 g/mol. The molecule has 16 heavy (non-hydrogen) atoms. The topological polar surface area (TPSA) is 81.5 Å². The maximum Gasteiger partial charge on any atom is 0.163 e. The minimum Gasteiger partial charge on any atom is -0.504 e. The fraction of sp³-hybridized carbons (Fsp3) is 0.400. The van der Waals surface area contributed by atoms with Crippen LogP contribution in [0.2, 0.25) is 0 Å². The standard InChI is InChI=1S/C10H15FN2O2.ClH/c1-15-9-5-6(11)4-7(10(9)14)8(13)2-3-12;/h4-5,8,14H,2-3,12-13H2,1H3;1H/t8-;/m0./s1. The average Bonchev–Trinajstić information content (AvgIpc) is 2.21. The number of hydrogen-bond donors (Lipinski definition) is 3. The molecule has 0 saturated heterocycles. The molecular formula is C10H16ClFN2O2. The van der Waals surface area contributed by atoms with Gasteiger partial charge < -0.3 is 21.3 Å². The highest BCUT2D eigenvalue weighted by Crippen LogP contribution is 2.34. The van der Waals surface area contributed by atoms with Crippen molar-refractivity contribution >= 4 is 12.4 Å². The minimum absolute atomic E-state index is 0. The second-order valence-electron chi connectivity index (χ2n) is 3.23. The summed E-state index contributed by atoms with van der Waals surface area (Å²) >= 11 is 0. The molecular weight excluding hydrogens is 235 g/mol. The number of ether oxygens (including phenoxy) is 1. The number of rotatable bonds is 4. The molecule has 0 heterocycles. The van der Waals surface area contributed by atoms with E-state index in [1.165, 1.54) is 13.2 Å². The molecule has 0 bridgehead atoms. The summed E-state index contributed by atoms with van der Waals surface area (Å²) in [7, 11) is 1.35. The lowest BCUT2D eigenvalue weighted by Crippen LogP contribution is -2.15. The van der Waals surface area contributed by atoms with Crippen LogP contribution in [0.25, 0.3) is 0 Å². The molecule has 0 fully saturated rings. The fourth-order valence-corrected chi connectivity index (χ4v) is 1.37. The van der Waals surface area contributed by atoms with Crippen LogP contribution in [0.3, 0.4) is 0 Å². The highest BCUT2D eigenvalue weighted by atomic mass is 35.5. The number of nitrogens with two attached hydrogens (primary N) is 2. The molecule has 1 atom stereocenters. The third-order valence-electron chi connectivity index (χ3n) is 2.17. The van der Waals surface area contributed by atoms with Crippen molar-refractivity contribution in [2.24, 2.45) is 11.5 Å². The molecule has 0 aromatic heterocycles. The fourth-order valence-electron chi connectivity index (χ4n) is 1.37. The molecule has 6 heteroatoms. The first-order valence-corrected chi connectivity index (χ1v) is 4.62. The van der Waals surface area contributed by atoms with Crippen molar-refractivity contribution in [3.05, 3.63) is 23.5 Å². The molecule has 4 nitrogen and oxygen atoms in total. The first-order chi connectivity index (χ1) is 7.10. The van der Waals surface area contributed by atoms with Gasteiger partial charge in [0.15, 0.2) is 11.5 Å². The molecule has 0 saturated carbocycles. The number of benzene rings is 1. The Labute approximate surface area is 99.8 Å². The zero-order valence-electron chi connectivity index (χ0n) is 8.94. The Hall–Kier alpha value is -1.04. The van der Waals surface area contributed by atoms with E-state index in [9.17, 15) is 9.50 Å². The van der Waals surface area contributed by atoms with Gasteiger partial charge in [0.05, 0.1) is 7.11 Å². The molecule has 0 unspecified atom stereocenters. The second kappa shape index (κ2) is 6.52. The molecule has 1 aromatic carbocycles. The van der Waals surface area contributed by atoms with Crippen LogP contribution >= 0.6 is 12.4 Å². The van der Waals surface area contributed by atoms with E-state index in [1.54, 1.807) is 0 Å². The summed E-state index contributed by atoms with van der Waals surface area (Å²) < 4.78 is 17.9. The summed E-state index contributed by atoms with van der Waals surface area (Å²) in [4.78, 5) is 0. The van der Waals surface area contributed by atoms with Gasteiger partial charge in [0, 0.05) is 17.7 Å². The van der Waals surface area contributed by atoms with Gasteiger partial charge in [-0.05, 0) is 19.0 Å². The SMILES string of the molecule is COc1cc(F)cc([C@@H](N)CCN)c1O.Cl. The van der Waals surface area contributed by atoms with Gasteiger partial charge in [0.2, 0.25) is 0 Å². The first-order valence-electron chi connectivity index (χ1n) is 4.62. The van der Waals surface area contributed by atoms with Crippen LogP contribution in [-0.2, 0) is 0 Å². The Balaban J connectivity index is 0.00000225. The van der Waals surface area contributed by atoms with Crippen molar-refractivity contribution in [3.8, 4) is 11.5 Å². The van der Waals surface area contributed by atoms with Gasteiger partial charge >= 0.3 is 0 Å². The van der Waals surface area contributed by atoms with Crippen LogP contribution in [0, 0.1) is 5.82 Å². The number of aromatic hydroxyl groups is 1. The molecule has 92 valence electrons. The van der Waals surface area contributed by atoms with E-state index in [4.69, 9.17) is 16.2 Å². The lowest BCUT2D eigenvalue weighted by atomic mass is 10.0. The predicted molar refractivity (Wildman–Crippen MR) is 62.5 cm³/mol. The van der Waals surface area contributed by atoms with Crippen LogP contribution in [0.4, 0.5) is 4.39 Å². The molecule has 5 N–H and O–H groups in total. The van der Waals surface area contributed by atoms with E-state index in [0.29, 0.717) is 18.5 Å². The number of methoxy groups -OCH3 is 1. The molecule has 1 aromatic rings. The Morgan fingerprint density at radius 3 is 2.62 bits per heavy atom. The molecule has 0 amide bonds. The van der Waals surface area contributed by atoms with Crippen LogP contribution in [0.5, 0.6) is 11.5 Å². The monoisotopic (exact) mass is 250 g/mol. The predicted octanol–water partition coefficient (Wildman–Crippen LogP) is 1.31. The van der Waals surface area contributed by atoms with Crippen molar-refractivity contribution in [2.75, 3.05) is 13.7 Å². The van der Waals surface area contributed by atoms with E-state index in [1.807, 2.05) is 0 Å². The lowest BCUT2D eigenvalue weighted by Gasteiger charge is -2.14. The summed E-state index contributed by atoms with van der Waals surface area (Å²) in [6, 6.07) is 1.81. The number of halogens is 2. The largest absolute Gasteiger partial charge is 0.504 e. The van der Waals surface area contributed by atoms with E-state index >= 15 is 0 Å². The summed E-state index contributed by atoms with van der Waals surface area (Å²) in [5.74, 6) is -0.538. The maximum atomic E-state index is 13.1. The summed E-state index contributed by atoms with van der Waals surface area (Å²) in [6.45, 7) is 0.374. The second-order valence-corrected chi connectivity index (χ2v) is 3.23. The van der Waals surface area contributed by atoms with Crippen LogP contribution < -0.4 is 16.2 Å². The molecule has 0 aliphatic heterocycles. The third-order valence-corrected chi connectivity index (χ3v) is 2.17. The highest BCUT2D eigenvalue weighted by Gasteiger charge is 2.15. The Morgan fingerprint density at radius 1 is 1.50 bits per heavy atom. The zero-order chi connectivity index (χ0) is 11.4. The third kappa shape index (κ3) is 3.23. The highest BCUT2D eigenvalue weighted by molar-refractivity contribution is 5.85. The number of phenolic OH excluding ortho intramolecular Hbond substituents is 1. The Bertz CT molecular complexity index is 350. The van der Waals surface area contributed by atoms with Gasteiger partial charge in [-0.15, -0.1) is 12.4 Å². The number of hydrogen-bond acceptors (Lipinski definition) is 4. The van der Waals surface area contributed by atoms with Gasteiger partial charge in [-0.1, -0.05) is 0 Å². The van der Waals surface area contributed by atoms with Crippen molar-refractivity contribution in [1.82, 2.24) is 0 Å². The van der Waals surface area contributed by atoms with Gasteiger partial charge in [-0.25, -0.2) is 4.39 Å². The van der Waals surface area contributed by atoms with Gasteiger partial charge in [0.1, 0.15) is 5.82 Å². The van der Waals surface area contributed by atoms with Crippen LogP contribution in [-0.4, -0.2) is 18.8 Å². The van der Waals surface area contributed by atoms with Crippen molar-refractivity contribution in [1.29, 1.82) is 0 Å². The Kier molecular flexibility index (Phi) is 6.10. The van der Waals surface area contributed by atoms with Crippen molar-refractivity contribution in [2.45, 2.75) is 12.5 Å². The van der Waals surface area contributed by atoms with Crippen molar-refractivity contribution in [3.63, 3.8) is 0 Å². The first kappa shape index (κ1) is 15.0. The van der Waals surface area contributed by atoms with E-state index in [-0.39, 0.29) is 23.9 Å². The smallest absolute Gasteiger partial charge is 0.163 e. The van der Waals surface area contributed by atoms with Gasteiger partial charge in [-0.2, -0.15) is 0 Å². The normalized spacial score (nSPS) is 11.8. The molecule has 0 aliphatic carbocycles. The maximum absolute atomic E-state index is 13.1. The zero-order valence-corrected chi connectivity index (χ0v) is 9.76. The Morgan fingerprint density at radius 2 is 2.12 bits per heavy atom. The quantitative estimate of drug-likeness (QED) is 0.753. The molecule has 0 radical (unpaired) electrons. The summed E-state index contributed by atoms with van der Waals surface area (Å²) in [5, 5.41) is 9.70. The lowest BCUT2D eigenvalue weighted by molar-refractivity contribution is 0.364.